The topological polar surface area (TPSA) is 138 Å². The van der Waals surface area contributed by atoms with Crippen LogP contribution in [0.2, 0.25) is 0 Å². The molecule has 0 aliphatic heterocycles. The van der Waals surface area contributed by atoms with Crippen LogP contribution in [0.25, 0.3) is 0 Å². The highest BCUT2D eigenvalue weighted by atomic mass is 16.5. The lowest BCUT2D eigenvalue weighted by atomic mass is 10.0. The highest BCUT2D eigenvalue weighted by Crippen LogP contribution is 2.32. The molecule has 0 saturated heterocycles. The minimum atomic E-state index is -0.351. The monoisotopic (exact) mass is 1020 g/mol. The van der Waals surface area contributed by atoms with E-state index in [4.69, 9.17) is 23.7 Å². The Morgan fingerprint density at radius 1 is 0.295 bits per heavy atom. The molecule has 0 aromatic heterocycles. The largest absolute Gasteiger partial charge is 0.457 e. The van der Waals surface area contributed by atoms with Crippen LogP contribution in [0.3, 0.4) is 0 Å². The van der Waals surface area contributed by atoms with E-state index in [1.165, 1.54) is 6.92 Å². The molecule has 11 heteroatoms. The zero-order valence-corrected chi connectivity index (χ0v) is 41.8. The van der Waals surface area contributed by atoms with Crippen molar-refractivity contribution in [3.63, 3.8) is 0 Å². The molecule has 2 amide bonds. The first kappa shape index (κ1) is 50.6. The Balaban J connectivity index is 0.677. The van der Waals surface area contributed by atoms with Crippen LogP contribution in [0, 0.1) is 11.8 Å². The highest BCUT2D eigenvalue weighted by Gasteiger charge is 2.14. The summed E-state index contributed by atoms with van der Waals surface area (Å²) in [6, 6.07) is 72.7. The quantitative estimate of drug-likeness (QED) is 0.0674. The zero-order chi connectivity index (χ0) is 53.6. The maximum atomic E-state index is 13.4. The van der Waals surface area contributed by atoms with Gasteiger partial charge in [0.2, 0.25) is 0 Å². The summed E-state index contributed by atoms with van der Waals surface area (Å²) in [5.74, 6) is 11.0. The van der Waals surface area contributed by atoms with Gasteiger partial charge in [-0.05, 0) is 201 Å². The number of Topliss-reactive ketones (excluding diaryl/α,β-unsaturated/α-hetero) is 1. The minimum absolute atomic E-state index is 0.0210. The lowest BCUT2D eigenvalue weighted by Crippen LogP contribution is -2.14. The Kier molecular flexibility index (Phi) is 15.5. The number of hydrogen-bond acceptors (Lipinski definition) is 9. The van der Waals surface area contributed by atoms with Crippen molar-refractivity contribution >= 4 is 34.8 Å². The van der Waals surface area contributed by atoms with E-state index in [1.807, 2.05) is 54.6 Å². The Bertz CT molecular complexity index is 3830. The number of benzene rings is 10. The Labute approximate surface area is 450 Å². The van der Waals surface area contributed by atoms with Crippen molar-refractivity contribution in [2.75, 3.05) is 10.6 Å². The summed E-state index contributed by atoms with van der Waals surface area (Å²) < 4.78 is 30.2. The van der Waals surface area contributed by atoms with E-state index in [-0.39, 0.29) is 23.4 Å². The van der Waals surface area contributed by atoms with Crippen molar-refractivity contribution < 1.29 is 42.9 Å². The van der Waals surface area contributed by atoms with Crippen LogP contribution in [-0.2, 0) is 0 Å². The second-order valence-electron chi connectivity index (χ2n) is 17.6. The number of anilines is 2. The molecular weight excluding hydrogens is 977 g/mol. The maximum Gasteiger partial charge on any atom is 0.255 e. The average Bonchev–Trinajstić information content (AvgIpc) is 3.47. The molecule has 0 heterocycles. The predicted octanol–water partition coefficient (Wildman–Crippen LogP) is 16.0. The molecule has 78 heavy (non-hydrogen) atoms. The number of ketones is 2. The molecule has 0 spiro atoms. The summed E-state index contributed by atoms with van der Waals surface area (Å²) >= 11 is 0. The average molecular weight is 1020 g/mol. The fourth-order valence-corrected chi connectivity index (χ4v) is 7.89. The number of carbonyl (C=O) groups is 4. The number of ether oxygens (including phenoxy) is 5. The van der Waals surface area contributed by atoms with Gasteiger partial charge in [0.15, 0.2) is 11.6 Å². The molecule has 0 aliphatic carbocycles. The van der Waals surface area contributed by atoms with Crippen molar-refractivity contribution in [2.45, 2.75) is 6.92 Å². The van der Waals surface area contributed by atoms with Crippen LogP contribution in [0.15, 0.2) is 249 Å². The smallest absolute Gasteiger partial charge is 0.255 e. The first-order valence-corrected chi connectivity index (χ1v) is 24.7. The van der Waals surface area contributed by atoms with E-state index in [0.717, 1.165) is 11.1 Å². The van der Waals surface area contributed by atoms with Crippen LogP contribution >= 0.6 is 0 Å². The summed E-state index contributed by atoms with van der Waals surface area (Å²) in [6.07, 6.45) is 0. The molecule has 0 saturated carbocycles. The van der Waals surface area contributed by atoms with Gasteiger partial charge in [0.25, 0.3) is 11.8 Å². The Morgan fingerprint density at radius 3 is 1.01 bits per heavy atom. The summed E-state index contributed by atoms with van der Waals surface area (Å²) in [5.41, 5.74) is 5.15. The summed E-state index contributed by atoms with van der Waals surface area (Å²) in [7, 11) is 0. The van der Waals surface area contributed by atoms with Crippen molar-refractivity contribution in [3.8, 4) is 69.3 Å². The van der Waals surface area contributed by atoms with Crippen molar-refractivity contribution in [3.05, 3.63) is 288 Å². The van der Waals surface area contributed by atoms with Crippen LogP contribution in [0.5, 0.6) is 57.5 Å². The molecule has 0 atom stereocenters. The lowest BCUT2D eigenvalue weighted by Gasteiger charge is -2.11. The highest BCUT2D eigenvalue weighted by molar-refractivity contribution is 6.09. The molecule has 10 rings (SSSR count). The van der Waals surface area contributed by atoms with Gasteiger partial charge in [-0.25, -0.2) is 0 Å². The van der Waals surface area contributed by atoms with Crippen molar-refractivity contribution in [1.82, 2.24) is 0 Å². The van der Waals surface area contributed by atoms with Crippen LogP contribution in [0.1, 0.15) is 65.0 Å². The molecular formula is C67H46N2O9. The fourth-order valence-electron chi connectivity index (χ4n) is 7.89. The van der Waals surface area contributed by atoms with E-state index in [9.17, 15) is 19.2 Å². The van der Waals surface area contributed by atoms with Crippen LogP contribution < -0.4 is 34.3 Å². The molecule has 0 aliphatic rings. The van der Waals surface area contributed by atoms with E-state index < -0.39 is 0 Å². The standard InChI is InChI=1S/C67H46N2O9/c1-45(70)48-21-31-55(32-22-48)75-61-15-7-17-63(43-61)77-58-37-27-51(28-38-58)66(72)68-53-12-6-13-54(42-53)69-67(73)52-29-39-59(40-30-52)78-64-18-8-16-62(44-64)76-57-35-25-50(26-36-57)65(71)49-23-33-56(34-24-49)74-60-14-5-11-47(41-60)20-19-46-9-3-2-4-10-46/h2-18,21-44H,1H3,(H,68,72)(H,69,73). The third kappa shape index (κ3) is 13.6. The third-order valence-electron chi connectivity index (χ3n) is 11.9. The van der Waals surface area contributed by atoms with Gasteiger partial charge in [-0.1, -0.05) is 54.3 Å². The molecule has 0 unspecified atom stereocenters. The molecule has 11 nitrogen and oxygen atoms in total. The molecule has 2 N–H and O–H groups in total. The van der Waals surface area contributed by atoms with Crippen LogP contribution in [0.4, 0.5) is 11.4 Å². The second kappa shape index (κ2) is 23.9. The molecule has 0 fully saturated rings. The van der Waals surface area contributed by atoms with Crippen molar-refractivity contribution in [1.29, 1.82) is 0 Å². The number of hydrogen-bond donors (Lipinski definition) is 2. The molecule has 10 aromatic carbocycles. The molecule has 378 valence electrons. The number of carbonyl (C=O) groups excluding carboxylic acids is 4. The summed E-state index contributed by atoms with van der Waals surface area (Å²) in [4.78, 5) is 51.5. The van der Waals surface area contributed by atoms with Crippen LogP contribution in [-0.4, -0.2) is 23.4 Å². The normalized spacial score (nSPS) is 10.5. The van der Waals surface area contributed by atoms with E-state index in [0.29, 0.717) is 96.7 Å². The first-order valence-electron chi connectivity index (χ1n) is 24.7. The Morgan fingerprint density at radius 2 is 0.615 bits per heavy atom. The van der Waals surface area contributed by atoms with Gasteiger partial charge in [-0.2, -0.15) is 0 Å². The maximum absolute atomic E-state index is 13.4. The summed E-state index contributed by atoms with van der Waals surface area (Å²) in [6.45, 7) is 1.51. The van der Waals surface area contributed by atoms with E-state index in [2.05, 4.69) is 22.5 Å². The first-order chi connectivity index (χ1) is 38.1. The van der Waals surface area contributed by atoms with Gasteiger partial charge in [-0.3, -0.25) is 19.2 Å². The van der Waals surface area contributed by atoms with Gasteiger partial charge in [0, 0.05) is 62.5 Å². The predicted molar refractivity (Wildman–Crippen MR) is 300 cm³/mol. The van der Waals surface area contributed by atoms with E-state index in [1.54, 1.807) is 194 Å². The zero-order valence-electron chi connectivity index (χ0n) is 41.8. The molecule has 0 radical (unpaired) electrons. The molecule has 10 aromatic rings. The van der Waals surface area contributed by atoms with Gasteiger partial charge >= 0.3 is 0 Å². The Hall–Kier alpha value is -11.0. The third-order valence-corrected chi connectivity index (χ3v) is 11.9. The van der Waals surface area contributed by atoms with E-state index >= 15 is 0 Å². The molecule has 0 bridgehead atoms. The van der Waals surface area contributed by atoms with Crippen molar-refractivity contribution in [2.24, 2.45) is 0 Å². The fraction of sp³-hybridized carbons (Fsp3) is 0.0149. The number of rotatable bonds is 17. The minimum Gasteiger partial charge on any atom is -0.457 e. The van der Waals surface area contributed by atoms with Gasteiger partial charge in [0.05, 0.1) is 0 Å². The van der Waals surface area contributed by atoms with Gasteiger partial charge in [-0.15, -0.1) is 0 Å². The number of nitrogens with one attached hydrogen (secondary N) is 2. The summed E-state index contributed by atoms with van der Waals surface area (Å²) in [5, 5.41) is 5.77. The SMILES string of the molecule is CC(=O)c1ccc(Oc2cccc(Oc3ccc(C(=O)Nc4cccc(NC(=O)c5ccc(Oc6cccc(Oc7ccc(C(=O)c8ccc(Oc9cccc(C#Cc%10ccccc%10)c9)cc8)cc7)c6)cc5)c4)cc3)c2)cc1. The van der Waals surface area contributed by atoms with Gasteiger partial charge in [0.1, 0.15) is 57.5 Å². The number of amides is 2. The second-order valence-corrected chi connectivity index (χ2v) is 17.6. The lowest BCUT2D eigenvalue weighted by molar-refractivity contribution is 0.101. The van der Waals surface area contributed by atoms with Gasteiger partial charge < -0.3 is 34.3 Å².